The predicted molar refractivity (Wildman–Crippen MR) is 129 cm³/mol. The highest BCUT2D eigenvalue weighted by Crippen LogP contribution is 2.37. The summed E-state index contributed by atoms with van der Waals surface area (Å²) in [6.07, 6.45) is 2.92. The van der Waals surface area contributed by atoms with Crippen molar-refractivity contribution in [3.63, 3.8) is 0 Å². The van der Waals surface area contributed by atoms with E-state index in [1.165, 1.54) is 16.6 Å². The number of urea groups is 1. The van der Waals surface area contributed by atoms with Crippen molar-refractivity contribution in [3.05, 3.63) is 51.1 Å². The summed E-state index contributed by atoms with van der Waals surface area (Å²) in [5, 5.41) is 5.40. The first-order chi connectivity index (χ1) is 15.4. The Morgan fingerprint density at radius 1 is 1.31 bits per heavy atom. The Kier molecular flexibility index (Phi) is 6.66. The summed E-state index contributed by atoms with van der Waals surface area (Å²) in [5.41, 5.74) is 1.73. The molecule has 2 N–H and O–H groups in total. The van der Waals surface area contributed by atoms with Gasteiger partial charge < -0.3 is 5.32 Å². The molecule has 0 spiro atoms. The number of thiophene rings is 1. The van der Waals surface area contributed by atoms with Gasteiger partial charge in [-0.15, -0.1) is 11.3 Å². The van der Waals surface area contributed by atoms with Gasteiger partial charge in [0.25, 0.3) is 5.56 Å². The molecular weight excluding hydrogens is 444 g/mol. The van der Waals surface area contributed by atoms with Gasteiger partial charge in [-0.05, 0) is 56.7 Å². The summed E-state index contributed by atoms with van der Waals surface area (Å²) in [6, 6.07) is 8.82. The van der Waals surface area contributed by atoms with Crippen LogP contribution in [0.3, 0.4) is 0 Å². The van der Waals surface area contributed by atoms with Crippen LogP contribution in [0.15, 0.2) is 40.3 Å². The summed E-state index contributed by atoms with van der Waals surface area (Å²) in [4.78, 5) is 44.8. The van der Waals surface area contributed by atoms with Gasteiger partial charge in [0.05, 0.1) is 16.3 Å². The Bertz CT molecular complexity index is 1220. The Morgan fingerprint density at radius 2 is 2.06 bits per heavy atom. The molecular formula is C23H26N4O3S2. The average Bonchev–Trinajstić information content (AvgIpc) is 3.12. The van der Waals surface area contributed by atoms with Gasteiger partial charge in [0.15, 0.2) is 5.16 Å². The summed E-state index contributed by atoms with van der Waals surface area (Å²) in [5.74, 6) is 0.160. The normalized spacial score (nSPS) is 16.4. The standard InChI is InChI=1S/C23H26N4O3S2/c1-4-24-22(30)25-19(28)14(3)31-23-26-20-18(16-11-10-13(2)12-17(16)32-20)21(29)27(23)15-8-6-5-7-9-15/h5-9,13-14H,4,10-12H2,1-3H3,(H2,24,25,28,30)/t13-,14-/m1/s1. The van der Waals surface area contributed by atoms with Gasteiger partial charge in [0.2, 0.25) is 5.91 Å². The molecule has 1 aromatic carbocycles. The van der Waals surface area contributed by atoms with Crippen LogP contribution in [0, 0.1) is 5.92 Å². The third-order valence-corrected chi connectivity index (χ3v) is 7.74. The van der Waals surface area contributed by atoms with Crippen LogP contribution >= 0.6 is 23.1 Å². The maximum absolute atomic E-state index is 13.7. The minimum atomic E-state index is -0.619. The van der Waals surface area contributed by atoms with Gasteiger partial charge in [-0.2, -0.15) is 0 Å². The number of carbonyl (C=O) groups excluding carboxylic acids is 2. The van der Waals surface area contributed by atoms with Crippen LogP contribution < -0.4 is 16.2 Å². The number of imide groups is 1. The molecule has 2 aromatic heterocycles. The second-order valence-electron chi connectivity index (χ2n) is 8.01. The summed E-state index contributed by atoms with van der Waals surface area (Å²) in [7, 11) is 0. The summed E-state index contributed by atoms with van der Waals surface area (Å²) >= 11 is 2.76. The highest BCUT2D eigenvalue weighted by Gasteiger charge is 2.27. The molecule has 0 unspecified atom stereocenters. The van der Waals surface area contributed by atoms with Gasteiger partial charge in [0.1, 0.15) is 4.83 Å². The first kappa shape index (κ1) is 22.5. The largest absolute Gasteiger partial charge is 0.338 e. The lowest BCUT2D eigenvalue weighted by Crippen LogP contribution is -2.42. The SMILES string of the molecule is CCNC(=O)NC(=O)[C@@H](C)Sc1nc2sc3c(c2c(=O)n1-c1ccccc1)CC[C@@H](C)C3. The third-order valence-electron chi connectivity index (χ3n) is 5.54. The van der Waals surface area contributed by atoms with Crippen LogP contribution in [0.4, 0.5) is 4.79 Å². The molecule has 0 fully saturated rings. The van der Waals surface area contributed by atoms with Gasteiger partial charge in [0, 0.05) is 11.4 Å². The first-order valence-electron chi connectivity index (χ1n) is 10.8. The average molecular weight is 471 g/mol. The number of nitrogens with zero attached hydrogens (tertiary/aromatic N) is 2. The molecule has 0 saturated carbocycles. The van der Waals surface area contributed by atoms with E-state index in [2.05, 4.69) is 17.6 Å². The van der Waals surface area contributed by atoms with E-state index in [1.54, 1.807) is 29.8 Å². The van der Waals surface area contributed by atoms with Crippen molar-refractivity contribution in [2.45, 2.75) is 50.4 Å². The molecule has 4 rings (SSSR count). The molecule has 7 nitrogen and oxygen atoms in total. The van der Waals surface area contributed by atoms with Crippen LogP contribution in [0.5, 0.6) is 0 Å². The molecule has 0 aliphatic heterocycles. The van der Waals surface area contributed by atoms with Crippen molar-refractivity contribution < 1.29 is 9.59 Å². The van der Waals surface area contributed by atoms with Crippen molar-refractivity contribution in [3.8, 4) is 5.69 Å². The van der Waals surface area contributed by atoms with E-state index in [0.29, 0.717) is 28.7 Å². The molecule has 0 radical (unpaired) electrons. The van der Waals surface area contributed by atoms with E-state index in [4.69, 9.17) is 4.98 Å². The number of hydrogen-bond acceptors (Lipinski definition) is 6. The van der Waals surface area contributed by atoms with Crippen LogP contribution in [-0.4, -0.2) is 33.3 Å². The molecule has 32 heavy (non-hydrogen) atoms. The zero-order valence-electron chi connectivity index (χ0n) is 18.3. The fourth-order valence-corrected chi connectivity index (χ4v) is 6.24. The third kappa shape index (κ3) is 4.45. The number of aryl methyl sites for hydroxylation is 1. The zero-order chi connectivity index (χ0) is 22.8. The molecule has 9 heteroatoms. The number of nitrogens with one attached hydrogen (secondary N) is 2. The Labute approximate surface area is 194 Å². The van der Waals surface area contributed by atoms with E-state index in [-0.39, 0.29) is 5.56 Å². The van der Waals surface area contributed by atoms with E-state index in [1.807, 2.05) is 30.3 Å². The monoisotopic (exact) mass is 470 g/mol. The highest BCUT2D eigenvalue weighted by molar-refractivity contribution is 8.00. The van der Waals surface area contributed by atoms with Gasteiger partial charge in [-0.25, -0.2) is 9.78 Å². The highest BCUT2D eigenvalue weighted by atomic mass is 32.2. The number of amides is 3. The van der Waals surface area contributed by atoms with Crippen molar-refractivity contribution in [1.82, 2.24) is 20.2 Å². The molecule has 3 amide bonds. The minimum absolute atomic E-state index is 0.105. The van der Waals surface area contributed by atoms with Crippen LogP contribution in [0.25, 0.3) is 15.9 Å². The van der Waals surface area contributed by atoms with Crippen LogP contribution in [-0.2, 0) is 17.6 Å². The molecule has 3 aromatic rings. The van der Waals surface area contributed by atoms with Crippen molar-refractivity contribution in [2.75, 3.05) is 6.54 Å². The molecule has 0 saturated heterocycles. The number of rotatable bonds is 5. The second kappa shape index (κ2) is 9.46. The Hall–Kier alpha value is -2.65. The van der Waals surface area contributed by atoms with Gasteiger partial charge >= 0.3 is 6.03 Å². The number of carbonyl (C=O) groups is 2. The lowest BCUT2D eigenvalue weighted by atomic mass is 9.89. The van der Waals surface area contributed by atoms with Crippen LogP contribution in [0.1, 0.15) is 37.6 Å². The van der Waals surface area contributed by atoms with E-state index >= 15 is 0 Å². The Morgan fingerprint density at radius 3 is 2.78 bits per heavy atom. The number of benzene rings is 1. The maximum Gasteiger partial charge on any atom is 0.321 e. The van der Waals surface area contributed by atoms with Crippen molar-refractivity contribution in [1.29, 1.82) is 0 Å². The van der Waals surface area contributed by atoms with Gasteiger partial charge in [-0.3, -0.25) is 19.5 Å². The van der Waals surface area contributed by atoms with Crippen molar-refractivity contribution >= 4 is 45.3 Å². The molecule has 0 bridgehead atoms. The molecule has 1 aliphatic carbocycles. The number of para-hydroxylation sites is 1. The fraction of sp³-hybridized carbons (Fsp3) is 0.391. The van der Waals surface area contributed by atoms with E-state index in [0.717, 1.165) is 29.7 Å². The van der Waals surface area contributed by atoms with Crippen molar-refractivity contribution in [2.24, 2.45) is 5.92 Å². The lowest BCUT2D eigenvalue weighted by Gasteiger charge is -2.18. The molecule has 2 atom stereocenters. The molecule has 2 heterocycles. The predicted octanol–water partition coefficient (Wildman–Crippen LogP) is 3.90. The number of aromatic nitrogens is 2. The topological polar surface area (TPSA) is 93.1 Å². The molecule has 168 valence electrons. The van der Waals surface area contributed by atoms with E-state index in [9.17, 15) is 14.4 Å². The minimum Gasteiger partial charge on any atom is -0.338 e. The summed E-state index contributed by atoms with van der Waals surface area (Å²) < 4.78 is 1.59. The maximum atomic E-state index is 13.7. The zero-order valence-corrected chi connectivity index (χ0v) is 19.9. The van der Waals surface area contributed by atoms with E-state index < -0.39 is 17.2 Å². The smallest absolute Gasteiger partial charge is 0.321 e. The Balaban J connectivity index is 1.78. The quantitative estimate of drug-likeness (QED) is 0.436. The number of hydrogen-bond donors (Lipinski definition) is 2. The first-order valence-corrected chi connectivity index (χ1v) is 12.5. The summed E-state index contributed by atoms with van der Waals surface area (Å²) in [6.45, 7) is 6.14. The second-order valence-corrected chi connectivity index (χ2v) is 10.4. The molecule has 1 aliphatic rings. The fourth-order valence-electron chi connectivity index (χ4n) is 3.88. The van der Waals surface area contributed by atoms with Crippen LogP contribution in [0.2, 0.25) is 0 Å². The number of fused-ring (bicyclic) bond motifs is 3. The van der Waals surface area contributed by atoms with Gasteiger partial charge in [-0.1, -0.05) is 36.9 Å². The number of thioether (sulfide) groups is 1. The lowest BCUT2D eigenvalue weighted by molar-refractivity contribution is -0.119.